The van der Waals surface area contributed by atoms with E-state index in [1.807, 2.05) is 0 Å². The molecule has 3 saturated heterocycles. The average Bonchev–Trinajstić information content (AvgIpc) is 3.14. The highest BCUT2D eigenvalue weighted by Gasteiger charge is 2.12. The van der Waals surface area contributed by atoms with Crippen LogP contribution < -0.4 is 63.8 Å². The van der Waals surface area contributed by atoms with Gasteiger partial charge in [-0.3, -0.25) is 9.80 Å². The highest BCUT2D eigenvalue weighted by Crippen LogP contribution is 2.10. The first-order valence-electron chi connectivity index (χ1n) is 20.8. The van der Waals surface area contributed by atoms with E-state index in [1.165, 1.54) is 0 Å². The molecule has 18 heteroatoms. The highest BCUT2D eigenvalue weighted by atomic mass is 16.5. The van der Waals surface area contributed by atoms with E-state index in [0.29, 0.717) is 31.0 Å². The van der Waals surface area contributed by atoms with Crippen LogP contribution in [0, 0.1) is 0 Å². The van der Waals surface area contributed by atoms with E-state index in [4.69, 9.17) is 19.7 Å². The van der Waals surface area contributed by atoms with Gasteiger partial charge in [0.1, 0.15) is 0 Å². The van der Waals surface area contributed by atoms with Gasteiger partial charge in [0.2, 0.25) is 17.8 Å². The summed E-state index contributed by atoms with van der Waals surface area (Å²) in [4.78, 5) is 19.3. The van der Waals surface area contributed by atoms with Crippen LogP contribution in [-0.2, 0) is 4.74 Å². The fourth-order valence-electron chi connectivity index (χ4n) is 6.38. The van der Waals surface area contributed by atoms with Gasteiger partial charge >= 0.3 is 0 Å². The van der Waals surface area contributed by atoms with E-state index < -0.39 is 0 Å². The fourth-order valence-corrected chi connectivity index (χ4v) is 6.38. The summed E-state index contributed by atoms with van der Waals surface area (Å²) in [5.74, 6) is 1.76. The Morgan fingerprint density at radius 3 is 1.25 bits per heavy atom. The summed E-state index contributed by atoms with van der Waals surface area (Å²) in [6.07, 6.45) is 3.30. The first kappa shape index (κ1) is 43.7. The number of anilines is 3. The standard InChI is InChI=1S/C35H75N17O/c1-4-36-5-2-7-44-31-32(30-43-6-1)53-29-3-8-45-33-48-34(46-21-27-51-23-17-39-13-9-37-10-14-40-18-24-51)50-35(49-33)47-22-28-52-25-19-41-15-11-38-12-16-42-20-26-52/h32,36-44H,1-31H2,(H3,45,46,47,48,49,50). The van der Waals surface area contributed by atoms with Crippen LogP contribution in [0.15, 0.2) is 0 Å². The van der Waals surface area contributed by atoms with Crippen molar-refractivity contribution in [1.29, 1.82) is 0 Å². The zero-order chi connectivity index (χ0) is 36.7. The Morgan fingerprint density at radius 1 is 0.453 bits per heavy atom. The zero-order valence-corrected chi connectivity index (χ0v) is 32.6. The lowest BCUT2D eigenvalue weighted by Crippen LogP contribution is -2.43. The van der Waals surface area contributed by atoms with Crippen molar-refractivity contribution >= 4 is 17.8 Å². The lowest BCUT2D eigenvalue weighted by Gasteiger charge is -2.24. The molecule has 3 fully saturated rings. The van der Waals surface area contributed by atoms with Gasteiger partial charge in [-0.1, -0.05) is 0 Å². The molecule has 18 nitrogen and oxygen atoms in total. The van der Waals surface area contributed by atoms with E-state index in [2.05, 4.69) is 73.6 Å². The lowest BCUT2D eigenvalue weighted by molar-refractivity contribution is 0.0530. The topological polar surface area (TPSA) is 199 Å². The molecule has 3 aliphatic rings. The molecule has 0 bridgehead atoms. The van der Waals surface area contributed by atoms with E-state index >= 15 is 0 Å². The Morgan fingerprint density at radius 2 is 0.811 bits per heavy atom. The highest BCUT2D eigenvalue weighted by molar-refractivity contribution is 5.42. The second-order valence-electron chi connectivity index (χ2n) is 14.0. The molecule has 0 atom stereocenters. The Balaban J connectivity index is 1.27. The zero-order valence-electron chi connectivity index (χ0n) is 32.6. The number of nitrogens with one attached hydrogen (secondary N) is 12. The monoisotopic (exact) mass is 750 g/mol. The van der Waals surface area contributed by atoms with Crippen molar-refractivity contribution in [3.63, 3.8) is 0 Å². The molecule has 0 spiro atoms. The number of rotatable bonds is 14. The van der Waals surface area contributed by atoms with Crippen LogP contribution in [-0.4, -0.2) is 214 Å². The number of nitrogens with zero attached hydrogens (tertiary/aromatic N) is 5. The molecule has 53 heavy (non-hydrogen) atoms. The first-order valence-corrected chi connectivity index (χ1v) is 20.8. The summed E-state index contributed by atoms with van der Waals surface area (Å²) in [5, 5.41) is 42.2. The smallest absolute Gasteiger partial charge is 0.229 e. The van der Waals surface area contributed by atoms with Gasteiger partial charge in [0, 0.05) is 157 Å². The Bertz CT molecular complexity index is 923. The van der Waals surface area contributed by atoms with Crippen molar-refractivity contribution in [3.05, 3.63) is 0 Å². The predicted molar refractivity (Wildman–Crippen MR) is 218 cm³/mol. The van der Waals surface area contributed by atoms with Crippen LogP contribution in [0.4, 0.5) is 17.8 Å². The number of ether oxygens (including phenoxy) is 1. The van der Waals surface area contributed by atoms with Gasteiger partial charge in [0.25, 0.3) is 0 Å². The summed E-state index contributed by atoms with van der Waals surface area (Å²) < 4.78 is 6.29. The van der Waals surface area contributed by atoms with Gasteiger partial charge in [-0.05, 0) is 45.4 Å². The molecule has 0 radical (unpaired) electrons. The minimum Gasteiger partial charge on any atom is -0.376 e. The molecule has 0 aromatic carbocycles. The Hall–Kier alpha value is -2.07. The van der Waals surface area contributed by atoms with Crippen molar-refractivity contribution in [2.45, 2.75) is 25.4 Å². The van der Waals surface area contributed by atoms with Crippen LogP contribution in [0.25, 0.3) is 0 Å². The fraction of sp³-hybridized carbons (Fsp3) is 0.914. The normalized spacial score (nSPS) is 21.7. The molecule has 0 amide bonds. The maximum atomic E-state index is 6.29. The molecular formula is C35H75N17O. The average molecular weight is 750 g/mol. The second-order valence-corrected chi connectivity index (χ2v) is 14.0. The minimum absolute atomic E-state index is 0.158. The summed E-state index contributed by atoms with van der Waals surface area (Å²) in [6.45, 7) is 26.5. The van der Waals surface area contributed by atoms with Gasteiger partial charge in [-0.2, -0.15) is 15.0 Å². The van der Waals surface area contributed by atoms with Crippen LogP contribution in [0.2, 0.25) is 0 Å². The molecule has 0 aliphatic carbocycles. The number of aromatic nitrogens is 3. The van der Waals surface area contributed by atoms with E-state index in [-0.39, 0.29) is 6.10 Å². The molecule has 12 N–H and O–H groups in total. The largest absolute Gasteiger partial charge is 0.376 e. The van der Waals surface area contributed by atoms with Crippen molar-refractivity contribution in [2.24, 2.45) is 0 Å². The Labute approximate surface area is 319 Å². The van der Waals surface area contributed by atoms with Gasteiger partial charge in [-0.15, -0.1) is 0 Å². The number of hydrogen-bond donors (Lipinski definition) is 12. The molecule has 1 aromatic rings. The Kier molecular flexibility index (Phi) is 24.9. The van der Waals surface area contributed by atoms with Crippen molar-refractivity contribution in [1.82, 2.24) is 72.6 Å². The van der Waals surface area contributed by atoms with Gasteiger partial charge in [0.15, 0.2) is 0 Å². The van der Waals surface area contributed by atoms with E-state index in [0.717, 1.165) is 189 Å². The van der Waals surface area contributed by atoms with E-state index in [9.17, 15) is 0 Å². The minimum atomic E-state index is 0.158. The summed E-state index contributed by atoms with van der Waals surface area (Å²) in [5.41, 5.74) is 0. The van der Waals surface area contributed by atoms with Crippen LogP contribution in [0.3, 0.4) is 0 Å². The van der Waals surface area contributed by atoms with Gasteiger partial charge < -0.3 is 68.5 Å². The molecule has 1 aromatic heterocycles. The quantitative estimate of drug-likeness (QED) is 0.0841. The lowest BCUT2D eigenvalue weighted by atomic mass is 10.3. The van der Waals surface area contributed by atoms with Crippen LogP contribution in [0.5, 0.6) is 0 Å². The summed E-state index contributed by atoms with van der Waals surface area (Å²) in [6, 6.07) is 0. The van der Waals surface area contributed by atoms with Crippen LogP contribution >= 0.6 is 0 Å². The van der Waals surface area contributed by atoms with Crippen molar-refractivity contribution in [2.75, 3.05) is 199 Å². The molecular weight excluding hydrogens is 675 g/mol. The van der Waals surface area contributed by atoms with Gasteiger partial charge in [-0.25, -0.2) is 0 Å². The van der Waals surface area contributed by atoms with E-state index in [1.54, 1.807) is 0 Å². The maximum absolute atomic E-state index is 6.29. The summed E-state index contributed by atoms with van der Waals surface area (Å²) in [7, 11) is 0. The van der Waals surface area contributed by atoms with Crippen molar-refractivity contribution in [3.8, 4) is 0 Å². The summed E-state index contributed by atoms with van der Waals surface area (Å²) >= 11 is 0. The maximum Gasteiger partial charge on any atom is 0.229 e. The number of hydrogen-bond acceptors (Lipinski definition) is 18. The van der Waals surface area contributed by atoms with Gasteiger partial charge in [0.05, 0.1) is 6.10 Å². The molecule has 3 aliphatic heterocycles. The molecule has 306 valence electrons. The molecule has 0 unspecified atom stereocenters. The second kappa shape index (κ2) is 30.2. The van der Waals surface area contributed by atoms with Crippen molar-refractivity contribution < 1.29 is 4.74 Å². The molecule has 4 heterocycles. The third-order valence-electron chi connectivity index (χ3n) is 9.51. The molecule has 4 rings (SSSR count). The third kappa shape index (κ3) is 22.2. The first-order chi connectivity index (χ1) is 26.3. The van der Waals surface area contributed by atoms with Crippen LogP contribution in [0.1, 0.15) is 19.3 Å². The SMILES string of the molecule is C1CNCCCNCC(OCCCNc2nc(NCCN3CCNCCNCCNCC3)nc(NCCN3CCNCCNCCNCC3)n2)CNC1. The predicted octanol–water partition coefficient (Wildman–Crippen LogP) is -3.39. The third-order valence-corrected chi connectivity index (χ3v) is 9.51. The molecule has 0 saturated carbocycles.